The summed E-state index contributed by atoms with van der Waals surface area (Å²) >= 11 is 0. The smallest absolute Gasteiger partial charge is 0.433 e. The van der Waals surface area contributed by atoms with Crippen LogP contribution in [0.3, 0.4) is 0 Å². The molecule has 0 atom stereocenters. The Balaban J connectivity index is 0.000000244. The summed E-state index contributed by atoms with van der Waals surface area (Å²) < 4.78 is 87.8. The number of carbonyl (C=O) groups is 2. The third-order valence-electron chi connectivity index (χ3n) is 7.01. The van der Waals surface area contributed by atoms with Crippen molar-refractivity contribution in [3.8, 4) is 11.8 Å². The van der Waals surface area contributed by atoms with Crippen LogP contribution in [0.15, 0.2) is 24.3 Å². The van der Waals surface area contributed by atoms with Gasteiger partial charge in [-0.05, 0) is 71.7 Å². The molecule has 0 aliphatic carbocycles. The third kappa shape index (κ3) is 10.2. The number of likely N-dealkylation sites (tertiary alicyclic amines) is 1. The molecule has 244 valence electrons. The fourth-order valence-electron chi connectivity index (χ4n) is 4.61. The van der Waals surface area contributed by atoms with Crippen molar-refractivity contribution in [2.75, 3.05) is 26.2 Å². The molecule has 0 bridgehead atoms. The second kappa shape index (κ2) is 14.0. The third-order valence-corrected chi connectivity index (χ3v) is 7.01. The molecule has 0 spiro atoms. The van der Waals surface area contributed by atoms with E-state index in [1.165, 1.54) is 0 Å². The molecule has 5 N–H and O–H groups in total. The molecule has 44 heavy (non-hydrogen) atoms. The van der Waals surface area contributed by atoms with Crippen molar-refractivity contribution in [2.45, 2.75) is 76.6 Å². The molecular formula is C28H36F6N6O4. The molecule has 0 unspecified atom stereocenters. The monoisotopic (exact) mass is 634 g/mol. The topological polar surface area (TPSA) is 146 Å². The number of pyridine rings is 2. The number of piperidine rings is 2. The molecule has 0 radical (unpaired) electrons. The molecule has 4 heterocycles. The zero-order chi connectivity index (χ0) is 32.9. The number of alkyl halides is 6. The molecule has 0 saturated carbocycles. The van der Waals surface area contributed by atoms with Crippen molar-refractivity contribution >= 4 is 11.8 Å². The molecule has 2 aromatic heterocycles. The summed E-state index contributed by atoms with van der Waals surface area (Å²) in [5.41, 5.74) is 7.27. The SMILES string of the molecule is CC(C)(C)N1CCC(Oc2cc(C(N)=O)cc(C(F)(F)F)n2)CC1.NC(=O)c1cc(OC2CCNCC2)nc(C(F)(F)F)c1. The summed E-state index contributed by atoms with van der Waals surface area (Å²) in [7, 11) is 0. The minimum absolute atomic E-state index is 0.0402. The van der Waals surface area contributed by atoms with E-state index < -0.39 is 35.6 Å². The van der Waals surface area contributed by atoms with Gasteiger partial charge < -0.3 is 26.3 Å². The van der Waals surface area contributed by atoms with Crippen LogP contribution in [0.25, 0.3) is 0 Å². The van der Waals surface area contributed by atoms with E-state index in [4.69, 9.17) is 20.9 Å². The summed E-state index contributed by atoms with van der Waals surface area (Å²) in [6, 6.07) is 3.56. The molecule has 2 aliphatic rings. The number of hydrogen-bond donors (Lipinski definition) is 3. The number of halogens is 6. The van der Waals surface area contributed by atoms with Crippen LogP contribution >= 0.6 is 0 Å². The van der Waals surface area contributed by atoms with Crippen molar-refractivity contribution < 1.29 is 45.4 Å². The van der Waals surface area contributed by atoms with Gasteiger partial charge in [0, 0.05) is 41.9 Å². The predicted molar refractivity (Wildman–Crippen MR) is 147 cm³/mol. The van der Waals surface area contributed by atoms with Gasteiger partial charge in [0.15, 0.2) is 0 Å². The number of ether oxygens (including phenoxy) is 2. The van der Waals surface area contributed by atoms with Crippen LogP contribution < -0.4 is 26.3 Å². The zero-order valence-electron chi connectivity index (χ0n) is 24.5. The Bertz CT molecular complexity index is 1300. The van der Waals surface area contributed by atoms with Crippen LogP contribution in [0, 0.1) is 0 Å². The maximum Gasteiger partial charge on any atom is 0.433 e. The van der Waals surface area contributed by atoms with Gasteiger partial charge in [0.05, 0.1) is 0 Å². The summed E-state index contributed by atoms with van der Waals surface area (Å²) in [5, 5.41) is 3.11. The molecule has 16 heteroatoms. The number of aromatic nitrogens is 2. The summed E-state index contributed by atoms with van der Waals surface area (Å²) in [4.78, 5) is 31.5. The van der Waals surface area contributed by atoms with E-state index in [0.29, 0.717) is 37.8 Å². The number of nitrogens with one attached hydrogen (secondary N) is 1. The van der Waals surface area contributed by atoms with Crippen LogP contribution in [-0.2, 0) is 12.4 Å². The predicted octanol–water partition coefficient (Wildman–Crippen LogP) is 4.17. The van der Waals surface area contributed by atoms with Crippen molar-refractivity contribution in [1.82, 2.24) is 20.2 Å². The van der Waals surface area contributed by atoms with E-state index in [1.807, 2.05) is 0 Å². The van der Waals surface area contributed by atoms with Gasteiger partial charge in [-0.1, -0.05) is 0 Å². The maximum atomic E-state index is 12.9. The number of amides is 2. The lowest BCUT2D eigenvalue weighted by molar-refractivity contribution is -0.142. The Morgan fingerprint density at radius 1 is 0.750 bits per heavy atom. The van der Waals surface area contributed by atoms with Crippen LogP contribution in [0.5, 0.6) is 11.8 Å². The molecular weight excluding hydrogens is 598 g/mol. The maximum absolute atomic E-state index is 12.9. The standard InChI is InChI=1S/C16H22F3N3O2.C12H14F3N3O2/c1-15(2,3)22-6-4-11(5-7-22)24-13-9-10(14(20)23)8-12(21-13)16(17,18)19;13-12(14,15)9-5-7(11(16)19)6-10(18-9)20-8-1-3-17-4-2-8/h8-9,11H,4-7H2,1-3H3,(H2,20,23);5-6,8,17H,1-4H2,(H2,16,19). The molecule has 4 rings (SSSR count). The van der Waals surface area contributed by atoms with Gasteiger partial charge in [-0.15, -0.1) is 0 Å². The van der Waals surface area contributed by atoms with Gasteiger partial charge in [0.25, 0.3) is 0 Å². The summed E-state index contributed by atoms with van der Waals surface area (Å²) in [6.07, 6.45) is -7.07. The highest BCUT2D eigenvalue weighted by Gasteiger charge is 2.35. The first-order valence-electron chi connectivity index (χ1n) is 13.9. The number of primary amides is 2. The molecule has 2 amide bonds. The van der Waals surface area contributed by atoms with Crippen LogP contribution in [0.4, 0.5) is 26.3 Å². The number of rotatable bonds is 6. The fourth-order valence-corrected chi connectivity index (χ4v) is 4.61. The van der Waals surface area contributed by atoms with Gasteiger partial charge in [-0.3, -0.25) is 14.5 Å². The van der Waals surface area contributed by atoms with Crippen molar-refractivity contribution in [2.24, 2.45) is 11.5 Å². The largest absolute Gasteiger partial charge is 0.474 e. The Kier molecular flexibility index (Phi) is 11.1. The fraction of sp³-hybridized carbons (Fsp3) is 0.571. The lowest BCUT2D eigenvalue weighted by Gasteiger charge is -2.40. The molecule has 2 aromatic rings. The molecule has 2 fully saturated rings. The Labute approximate surface area is 250 Å². The van der Waals surface area contributed by atoms with E-state index in [2.05, 4.69) is 41.0 Å². The average molecular weight is 635 g/mol. The van der Waals surface area contributed by atoms with E-state index in [-0.39, 0.29) is 40.6 Å². The Morgan fingerprint density at radius 2 is 1.14 bits per heavy atom. The zero-order valence-corrected chi connectivity index (χ0v) is 24.5. The molecule has 0 aromatic carbocycles. The number of nitrogens with zero attached hydrogens (tertiary/aromatic N) is 3. The van der Waals surface area contributed by atoms with E-state index in [9.17, 15) is 35.9 Å². The van der Waals surface area contributed by atoms with Crippen molar-refractivity contribution in [3.05, 3.63) is 46.8 Å². The van der Waals surface area contributed by atoms with E-state index >= 15 is 0 Å². The van der Waals surface area contributed by atoms with Crippen LogP contribution in [0.2, 0.25) is 0 Å². The highest BCUT2D eigenvalue weighted by molar-refractivity contribution is 5.93. The van der Waals surface area contributed by atoms with Gasteiger partial charge in [0.1, 0.15) is 23.6 Å². The molecule has 2 aliphatic heterocycles. The lowest BCUT2D eigenvalue weighted by Crippen LogP contribution is -2.48. The van der Waals surface area contributed by atoms with Gasteiger partial charge in [0.2, 0.25) is 23.6 Å². The number of hydrogen-bond acceptors (Lipinski definition) is 8. The lowest BCUT2D eigenvalue weighted by atomic mass is 9.99. The van der Waals surface area contributed by atoms with Gasteiger partial charge in [-0.25, -0.2) is 9.97 Å². The normalized spacial score (nSPS) is 17.4. The highest BCUT2D eigenvalue weighted by Crippen LogP contribution is 2.32. The van der Waals surface area contributed by atoms with Crippen molar-refractivity contribution in [1.29, 1.82) is 0 Å². The van der Waals surface area contributed by atoms with Gasteiger partial charge >= 0.3 is 12.4 Å². The Morgan fingerprint density at radius 3 is 1.48 bits per heavy atom. The minimum atomic E-state index is -4.67. The average Bonchev–Trinajstić information content (AvgIpc) is 2.92. The Hall–Kier alpha value is -3.66. The first-order chi connectivity index (χ1) is 20.3. The number of nitrogens with two attached hydrogens (primary N) is 2. The number of carbonyl (C=O) groups excluding carboxylic acids is 2. The van der Waals surface area contributed by atoms with Crippen LogP contribution in [-0.4, -0.2) is 70.6 Å². The molecule has 10 nitrogen and oxygen atoms in total. The summed E-state index contributed by atoms with van der Waals surface area (Å²) in [6.45, 7) is 9.37. The first-order valence-corrected chi connectivity index (χ1v) is 13.9. The van der Waals surface area contributed by atoms with Crippen LogP contribution in [0.1, 0.15) is 78.6 Å². The molecule has 2 saturated heterocycles. The second-order valence-electron chi connectivity index (χ2n) is 11.4. The first kappa shape index (κ1) is 34.8. The van der Waals surface area contributed by atoms with Gasteiger partial charge in [-0.2, -0.15) is 26.3 Å². The quantitative estimate of drug-likeness (QED) is 0.402. The highest BCUT2D eigenvalue weighted by atomic mass is 19.4. The minimum Gasteiger partial charge on any atom is -0.474 e. The second-order valence-corrected chi connectivity index (χ2v) is 11.4. The van der Waals surface area contributed by atoms with E-state index in [0.717, 1.165) is 38.3 Å². The van der Waals surface area contributed by atoms with Crippen molar-refractivity contribution in [3.63, 3.8) is 0 Å². The van der Waals surface area contributed by atoms with E-state index in [1.54, 1.807) is 0 Å². The summed E-state index contributed by atoms with van der Waals surface area (Å²) in [5.74, 6) is -2.34.